The molecule has 19 heavy (non-hydrogen) atoms. The van der Waals surface area contributed by atoms with E-state index in [-0.39, 0.29) is 6.04 Å². The van der Waals surface area contributed by atoms with Crippen molar-refractivity contribution in [1.29, 1.82) is 0 Å². The molecule has 0 spiro atoms. The lowest BCUT2D eigenvalue weighted by molar-refractivity contribution is 0.574. The van der Waals surface area contributed by atoms with Gasteiger partial charge in [0.25, 0.3) is 0 Å². The quantitative estimate of drug-likeness (QED) is 0.804. The molecule has 3 heteroatoms. The molecule has 1 unspecified atom stereocenters. The fourth-order valence-corrected chi connectivity index (χ4v) is 2.46. The molecule has 0 saturated carbocycles. The molecule has 1 atom stereocenters. The van der Waals surface area contributed by atoms with Gasteiger partial charge in [-0.1, -0.05) is 32.4 Å². The van der Waals surface area contributed by atoms with E-state index in [1.165, 1.54) is 5.56 Å². The highest BCUT2D eigenvalue weighted by molar-refractivity contribution is 5.77. The standard InChI is InChI=1S/C16H23N3/c1-4-7-13(17)16-18-14-11-12(6-3)8-9-15(14)19(16)10-5-2/h5,8-9,11,13H,2,4,6-7,10,17H2,1,3H3. The van der Waals surface area contributed by atoms with Crippen molar-refractivity contribution in [3.05, 3.63) is 42.2 Å². The third-order valence-electron chi connectivity index (χ3n) is 3.49. The summed E-state index contributed by atoms with van der Waals surface area (Å²) in [6.45, 7) is 8.90. The number of hydrogen-bond donors (Lipinski definition) is 1. The smallest absolute Gasteiger partial charge is 0.127 e. The minimum Gasteiger partial charge on any atom is -0.323 e. The maximum absolute atomic E-state index is 6.25. The van der Waals surface area contributed by atoms with Crippen molar-refractivity contribution in [1.82, 2.24) is 9.55 Å². The lowest BCUT2D eigenvalue weighted by Crippen LogP contribution is -2.16. The Morgan fingerprint density at radius 2 is 2.21 bits per heavy atom. The van der Waals surface area contributed by atoms with Gasteiger partial charge in [0.15, 0.2) is 0 Å². The molecule has 0 fully saturated rings. The summed E-state index contributed by atoms with van der Waals surface area (Å²) in [5.74, 6) is 0.977. The summed E-state index contributed by atoms with van der Waals surface area (Å²) in [6.07, 6.45) is 4.96. The summed E-state index contributed by atoms with van der Waals surface area (Å²) in [6, 6.07) is 6.48. The average molecular weight is 257 g/mol. The zero-order valence-corrected chi connectivity index (χ0v) is 11.9. The van der Waals surface area contributed by atoms with Gasteiger partial charge in [-0.15, -0.1) is 6.58 Å². The van der Waals surface area contributed by atoms with E-state index in [2.05, 4.69) is 43.2 Å². The van der Waals surface area contributed by atoms with Crippen LogP contribution in [0.25, 0.3) is 11.0 Å². The molecule has 0 aliphatic carbocycles. The van der Waals surface area contributed by atoms with Gasteiger partial charge in [-0.3, -0.25) is 0 Å². The van der Waals surface area contributed by atoms with Crippen molar-refractivity contribution in [2.45, 2.75) is 45.7 Å². The van der Waals surface area contributed by atoms with E-state index >= 15 is 0 Å². The Kier molecular flexibility index (Phi) is 4.38. The summed E-state index contributed by atoms with van der Waals surface area (Å²) in [4.78, 5) is 4.75. The SMILES string of the molecule is C=CCn1c(C(N)CCC)nc2cc(CC)ccc21. The van der Waals surface area contributed by atoms with Gasteiger partial charge >= 0.3 is 0 Å². The second kappa shape index (κ2) is 6.02. The molecular formula is C16H23N3. The monoisotopic (exact) mass is 257 g/mol. The van der Waals surface area contributed by atoms with Gasteiger partial charge < -0.3 is 10.3 Å². The van der Waals surface area contributed by atoms with E-state index in [0.717, 1.165) is 42.7 Å². The topological polar surface area (TPSA) is 43.8 Å². The summed E-state index contributed by atoms with van der Waals surface area (Å²) < 4.78 is 2.18. The van der Waals surface area contributed by atoms with Crippen LogP contribution in [-0.2, 0) is 13.0 Å². The number of aryl methyl sites for hydroxylation is 1. The lowest BCUT2D eigenvalue weighted by Gasteiger charge is -2.12. The third-order valence-corrected chi connectivity index (χ3v) is 3.49. The molecule has 0 saturated heterocycles. The maximum Gasteiger partial charge on any atom is 0.127 e. The molecule has 3 nitrogen and oxygen atoms in total. The molecule has 1 aromatic heterocycles. The number of hydrogen-bond acceptors (Lipinski definition) is 2. The number of benzene rings is 1. The molecule has 102 valence electrons. The van der Waals surface area contributed by atoms with Crippen LogP contribution in [-0.4, -0.2) is 9.55 Å². The van der Waals surface area contributed by atoms with Crippen LogP contribution in [0.15, 0.2) is 30.9 Å². The predicted molar refractivity (Wildman–Crippen MR) is 81.1 cm³/mol. The third kappa shape index (κ3) is 2.71. The minimum atomic E-state index is 0.00225. The summed E-state index contributed by atoms with van der Waals surface area (Å²) >= 11 is 0. The average Bonchev–Trinajstić information content (AvgIpc) is 2.77. The summed E-state index contributed by atoms with van der Waals surface area (Å²) in [5.41, 5.74) is 9.76. The molecule has 1 heterocycles. The van der Waals surface area contributed by atoms with E-state index in [0.29, 0.717) is 0 Å². The first kappa shape index (κ1) is 13.8. The highest BCUT2D eigenvalue weighted by Crippen LogP contribution is 2.23. The molecule has 2 rings (SSSR count). The first-order valence-electron chi connectivity index (χ1n) is 7.06. The van der Waals surface area contributed by atoms with Crippen molar-refractivity contribution in [2.75, 3.05) is 0 Å². The van der Waals surface area contributed by atoms with E-state index in [1.54, 1.807) is 0 Å². The van der Waals surface area contributed by atoms with Gasteiger partial charge in [-0.05, 0) is 30.5 Å². The summed E-state index contributed by atoms with van der Waals surface area (Å²) in [5, 5.41) is 0. The van der Waals surface area contributed by atoms with Crippen LogP contribution in [0.1, 0.15) is 44.1 Å². The normalized spacial score (nSPS) is 12.8. The van der Waals surface area contributed by atoms with Crippen molar-refractivity contribution >= 4 is 11.0 Å². The van der Waals surface area contributed by atoms with Crippen LogP contribution in [0.2, 0.25) is 0 Å². The van der Waals surface area contributed by atoms with Gasteiger partial charge in [0, 0.05) is 6.54 Å². The molecule has 2 N–H and O–H groups in total. The van der Waals surface area contributed by atoms with Crippen LogP contribution in [0.5, 0.6) is 0 Å². The molecule has 0 amide bonds. The highest BCUT2D eigenvalue weighted by Gasteiger charge is 2.15. The predicted octanol–water partition coefficient (Wildman–Crippen LogP) is 3.58. The molecule has 0 aliphatic heterocycles. The fraction of sp³-hybridized carbons (Fsp3) is 0.438. The van der Waals surface area contributed by atoms with Crippen molar-refractivity contribution in [3.63, 3.8) is 0 Å². The second-order valence-corrected chi connectivity index (χ2v) is 4.94. The molecule has 0 radical (unpaired) electrons. The van der Waals surface area contributed by atoms with Gasteiger partial charge in [0.05, 0.1) is 17.1 Å². The Morgan fingerprint density at radius 3 is 2.84 bits per heavy atom. The Morgan fingerprint density at radius 1 is 1.42 bits per heavy atom. The lowest BCUT2D eigenvalue weighted by atomic mass is 10.1. The molecular weight excluding hydrogens is 234 g/mol. The fourth-order valence-electron chi connectivity index (χ4n) is 2.46. The van der Waals surface area contributed by atoms with Gasteiger partial charge in [-0.25, -0.2) is 4.98 Å². The van der Waals surface area contributed by atoms with E-state index in [9.17, 15) is 0 Å². The van der Waals surface area contributed by atoms with Crippen molar-refractivity contribution in [2.24, 2.45) is 5.73 Å². The van der Waals surface area contributed by atoms with E-state index in [1.807, 2.05) is 6.08 Å². The van der Waals surface area contributed by atoms with Crippen LogP contribution < -0.4 is 5.73 Å². The summed E-state index contributed by atoms with van der Waals surface area (Å²) in [7, 11) is 0. The number of aromatic nitrogens is 2. The van der Waals surface area contributed by atoms with E-state index < -0.39 is 0 Å². The Hall–Kier alpha value is -1.61. The zero-order valence-electron chi connectivity index (χ0n) is 11.9. The number of rotatable bonds is 6. The van der Waals surface area contributed by atoms with E-state index in [4.69, 9.17) is 10.7 Å². The minimum absolute atomic E-state index is 0.00225. The molecule has 0 bridgehead atoms. The number of fused-ring (bicyclic) bond motifs is 1. The number of nitrogens with two attached hydrogens (primary N) is 1. The number of imidazole rings is 1. The largest absolute Gasteiger partial charge is 0.323 e. The first-order valence-corrected chi connectivity index (χ1v) is 7.06. The van der Waals surface area contributed by atoms with Gasteiger partial charge in [0.1, 0.15) is 5.82 Å². The molecule has 2 aromatic rings. The highest BCUT2D eigenvalue weighted by atomic mass is 15.1. The van der Waals surface area contributed by atoms with Gasteiger partial charge in [0.2, 0.25) is 0 Å². The van der Waals surface area contributed by atoms with Gasteiger partial charge in [-0.2, -0.15) is 0 Å². The van der Waals surface area contributed by atoms with Crippen LogP contribution in [0.4, 0.5) is 0 Å². The second-order valence-electron chi connectivity index (χ2n) is 4.94. The first-order chi connectivity index (χ1) is 9.21. The van der Waals surface area contributed by atoms with Crippen molar-refractivity contribution < 1.29 is 0 Å². The number of nitrogens with zero attached hydrogens (tertiary/aromatic N) is 2. The Balaban J connectivity index is 2.54. The molecule has 1 aromatic carbocycles. The maximum atomic E-state index is 6.25. The van der Waals surface area contributed by atoms with Crippen molar-refractivity contribution in [3.8, 4) is 0 Å². The van der Waals surface area contributed by atoms with Crippen LogP contribution >= 0.6 is 0 Å². The van der Waals surface area contributed by atoms with Crippen LogP contribution in [0.3, 0.4) is 0 Å². The zero-order chi connectivity index (χ0) is 13.8. The Labute approximate surface area is 115 Å². The molecule has 0 aliphatic rings. The van der Waals surface area contributed by atoms with Crippen LogP contribution in [0, 0.1) is 0 Å². The Bertz CT molecular complexity index is 569. The number of allylic oxidation sites excluding steroid dienone is 1.